The Balaban J connectivity index is 0.00000196. The van der Waals surface area contributed by atoms with Crippen LogP contribution in [0.15, 0.2) is 66.0 Å². The van der Waals surface area contributed by atoms with Crippen molar-refractivity contribution < 1.29 is 21.5 Å². The molecule has 26 heavy (non-hydrogen) atoms. The molecule has 1 aliphatic heterocycles. The molecule has 136 valence electrons. The summed E-state index contributed by atoms with van der Waals surface area (Å²) in [7, 11) is 0. The quantitative estimate of drug-likeness (QED) is 0.568. The lowest BCUT2D eigenvalue weighted by molar-refractivity contribution is -0.734. The number of aromatic nitrogens is 2. The minimum absolute atomic E-state index is 0. The van der Waals surface area contributed by atoms with Crippen molar-refractivity contribution in [2.45, 2.75) is 44.3 Å². The van der Waals surface area contributed by atoms with Crippen LogP contribution < -0.4 is 21.5 Å². The third-order valence-corrected chi connectivity index (χ3v) is 5.96. The van der Waals surface area contributed by atoms with Crippen LogP contribution in [-0.2, 0) is 12.0 Å². The van der Waals surface area contributed by atoms with Crippen LogP contribution in [0.4, 0.5) is 0 Å². The zero-order valence-corrected chi connectivity index (χ0v) is 18.0. The molecule has 0 aliphatic carbocycles. The standard InChI is InChI=1S/C22H25N2S.BrH/c1-22(2,3)18-10-12-19(13-11-18)24-20(17-8-5-4-6-9-17)16-23-14-7-15-25-21(23)24;/h4-6,8-13,16H,7,14-15H2,1-3H3;1H/q+1;/p-1. The van der Waals surface area contributed by atoms with Crippen LogP contribution in [0.25, 0.3) is 16.9 Å². The van der Waals surface area contributed by atoms with Gasteiger partial charge in [-0.2, -0.15) is 4.57 Å². The Kier molecular flexibility index (Phi) is 5.64. The highest BCUT2D eigenvalue weighted by molar-refractivity contribution is 7.99. The van der Waals surface area contributed by atoms with E-state index < -0.39 is 0 Å². The summed E-state index contributed by atoms with van der Waals surface area (Å²) in [5.74, 6) is 1.19. The molecule has 1 aromatic heterocycles. The Morgan fingerprint density at radius 1 is 0.962 bits per heavy atom. The molecule has 0 spiro atoms. The summed E-state index contributed by atoms with van der Waals surface area (Å²) in [6.07, 6.45) is 3.55. The number of imidazole rings is 1. The average Bonchev–Trinajstić information content (AvgIpc) is 3.01. The van der Waals surface area contributed by atoms with Crippen molar-refractivity contribution in [2.75, 3.05) is 5.75 Å². The van der Waals surface area contributed by atoms with E-state index in [1.54, 1.807) is 0 Å². The number of hydrogen-bond donors (Lipinski definition) is 0. The molecule has 0 saturated carbocycles. The van der Waals surface area contributed by atoms with E-state index in [4.69, 9.17) is 0 Å². The van der Waals surface area contributed by atoms with Gasteiger partial charge in [0.2, 0.25) is 0 Å². The van der Waals surface area contributed by atoms with Crippen LogP contribution in [0.3, 0.4) is 0 Å². The largest absolute Gasteiger partial charge is 1.00 e. The molecule has 0 amide bonds. The van der Waals surface area contributed by atoms with Crippen molar-refractivity contribution in [1.82, 2.24) is 4.57 Å². The van der Waals surface area contributed by atoms with Gasteiger partial charge >= 0.3 is 5.16 Å². The maximum atomic E-state index is 2.42. The summed E-state index contributed by atoms with van der Waals surface area (Å²) < 4.78 is 4.83. The molecule has 0 saturated heterocycles. The predicted octanol–water partition coefficient (Wildman–Crippen LogP) is 2.23. The molecular weight excluding hydrogens is 404 g/mol. The zero-order chi connectivity index (χ0) is 17.4. The van der Waals surface area contributed by atoms with Gasteiger partial charge in [-0.25, -0.2) is 4.57 Å². The summed E-state index contributed by atoms with van der Waals surface area (Å²) in [6, 6.07) is 19.8. The third kappa shape index (κ3) is 3.63. The second-order valence-corrected chi connectivity index (χ2v) is 8.75. The van der Waals surface area contributed by atoms with Crippen LogP contribution in [-0.4, -0.2) is 10.3 Å². The first-order valence-electron chi connectivity index (χ1n) is 8.98. The summed E-state index contributed by atoms with van der Waals surface area (Å²) in [4.78, 5) is 0. The van der Waals surface area contributed by atoms with Crippen LogP contribution in [0.2, 0.25) is 0 Å². The highest BCUT2D eigenvalue weighted by Gasteiger charge is 2.29. The van der Waals surface area contributed by atoms with Gasteiger partial charge in [-0.05, 0) is 41.3 Å². The van der Waals surface area contributed by atoms with Crippen LogP contribution >= 0.6 is 11.8 Å². The number of rotatable bonds is 2. The van der Waals surface area contributed by atoms with E-state index in [0.717, 1.165) is 6.54 Å². The van der Waals surface area contributed by atoms with Crippen molar-refractivity contribution in [3.8, 4) is 16.9 Å². The van der Waals surface area contributed by atoms with E-state index in [1.807, 2.05) is 11.8 Å². The van der Waals surface area contributed by atoms with Gasteiger partial charge in [0.05, 0.1) is 6.54 Å². The number of thioether (sulfide) groups is 1. The molecule has 0 radical (unpaired) electrons. The molecule has 0 bridgehead atoms. The summed E-state index contributed by atoms with van der Waals surface area (Å²) in [5, 5.41) is 1.34. The van der Waals surface area contributed by atoms with E-state index in [9.17, 15) is 0 Å². The molecule has 0 unspecified atom stereocenters. The SMILES string of the molecule is CC(C)(C)c1ccc(-n2c(-c3ccccc3)c[n+]3c2SCCC3)cc1.[Br-]. The van der Waals surface area contributed by atoms with Crippen LogP contribution in [0.1, 0.15) is 32.8 Å². The van der Waals surface area contributed by atoms with Gasteiger partial charge in [0.25, 0.3) is 0 Å². The van der Waals surface area contributed by atoms with Gasteiger partial charge < -0.3 is 17.0 Å². The van der Waals surface area contributed by atoms with Crippen molar-refractivity contribution in [2.24, 2.45) is 0 Å². The Morgan fingerprint density at radius 3 is 2.31 bits per heavy atom. The minimum atomic E-state index is 0. The molecular formula is C22H25BrN2S. The Bertz CT molecular complexity index is 877. The van der Waals surface area contributed by atoms with Crippen molar-refractivity contribution in [3.05, 3.63) is 66.4 Å². The monoisotopic (exact) mass is 428 g/mol. The second-order valence-electron chi connectivity index (χ2n) is 7.69. The molecule has 1 aliphatic rings. The molecule has 2 nitrogen and oxygen atoms in total. The molecule has 4 rings (SSSR count). The topological polar surface area (TPSA) is 8.81 Å². The van der Waals surface area contributed by atoms with E-state index >= 15 is 0 Å². The number of aryl methyl sites for hydroxylation is 1. The normalized spacial score (nSPS) is 13.8. The van der Waals surface area contributed by atoms with E-state index in [0.29, 0.717) is 0 Å². The Labute approximate surface area is 171 Å². The Morgan fingerprint density at radius 2 is 1.65 bits per heavy atom. The van der Waals surface area contributed by atoms with Crippen molar-refractivity contribution in [1.29, 1.82) is 0 Å². The second kappa shape index (κ2) is 7.61. The van der Waals surface area contributed by atoms with Gasteiger partial charge in [-0.3, -0.25) is 0 Å². The molecule has 2 aromatic carbocycles. The fourth-order valence-electron chi connectivity index (χ4n) is 3.37. The zero-order valence-electron chi connectivity index (χ0n) is 15.6. The maximum Gasteiger partial charge on any atom is 0.323 e. The lowest BCUT2D eigenvalue weighted by Gasteiger charge is -2.19. The predicted molar refractivity (Wildman–Crippen MR) is 105 cm³/mol. The highest BCUT2D eigenvalue weighted by atomic mass is 79.9. The van der Waals surface area contributed by atoms with Gasteiger partial charge in [-0.15, -0.1) is 0 Å². The third-order valence-electron chi connectivity index (χ3n) is 4.79. The molecule has 0 fully saturated rings. The minimum Gasteiger partial charge on any atom is -1.00 e. The highest BCUT2D eigenvalue weighted by Crippen LogP contribution is 2.32. The van der Waals surface area contributed by atoms with Gasteiger partial charge in [0.15, 0.2) is 5.69 Å². The number of nitrogens with zero attached hydrogens (tertiary/aromatic N) is 2. The number of fused-ring (bicyclic) bond motifs is 1. The van der Waals surface area contributed by atoms with Gasteiger partial charge in [-0.1, -0.05) is 63.2 Å². The van der Waals surface area contributed by atoms with Gasteiger partial charge in [0, 0.05) is 11.3 Å². The maximum absolute atomic E-state index is 2.42. The lowest BCUT2D eigenvalue weighted by Crippen LogP contribution is -3.00. The number of hydrogen-bond acceptors (Lipinski definition) is 1. The molecule has 4 heteroatoms. The molecule has 0 atom stereocenters. The molecule has 2 heterocycles. The fourth-order valence-corrected chi connectivity index (χ4v) is 4.47. The first kappa shape index (κ1) is 19.2. The summed E-state index contributed by atoms with van der Waals surface area (Å²) in [6.45, 7) is 7.90. The summed E-state index contributed by atoms with van der Waals surface area (Å²) in [5.41, 5.74) is 5.34. The average molecular weight is 429 g/mol. The first-order valence-corrected chi connectivity index (χ1v) is 9.97. The molecule has 0 N–H and O–H groups in total. The van der Waals surface area contributed by atoms with Crippen molar-refractivity contribution in [3.63, 3.8) is 0 Å². The van der Waals surface area contributed by atoms with Crippen LogP contribution in [0.5, 0.6) is 0 Å². The smallest absolute Gasteiger partial charge is 0.323 e. The van der Waals surface area contributed by atoms with E-state index in [2.05, 4.69) is 90.7 Å². The van der Waals surface area contributed by atoms with E-state index in [-0.39, 0.29) is 22.4 Å². The van der Waals surface area contributed by atoms with Gasteiger partial charge in [0.1, 0.15) is 11.9 Å². The Hall–Kier alpha value is -1.52. The van der Waals surface area contributed by atoms with Crippen molar-refractivity contribution >= 4 is 11.8 Å². The number of halogens is 1. The summed E-state index contributed by atoms with van der Waals surface area (Å²) >= 11 is 1.96. The first-order chi connectivity index (χ1) is 12.0. The number of benzene rings is 2. The fraction of sp³-hybridized carbons (Fsp3) is 0.318. The van der Waals surface area contributed by atoms with Crippen LogP contribution in [0, 0.1) is 0 Å². The lowest BCUT2D eigenvalue weighted by atomic mass is 9.87. The molecule has 3 aromatic rings. The van der Waals surface area contributed by atoms with E-state index in [1.165, 1.54) is 39.8 Å².